The van der Waals surface area contributed by atoms with Gasteiger partial charge in [0.15, 0.2) is 6.10 Å². The minimum atomic E-state index is -4.73. The van der Waals surface area contributed by atoms with E-state index < -0.39 is 51.1 Å². The van der Waals surface area contributed by atoms with E-state index in [0.717, 1.165) is 38.5 Å². The number of phosphoric ester groups is 1. The average Bonchev–Trinajstić information content (AvgIpc) is 3.21. The first-order valence-corrected chi connectivity index (χ1v) is 24.7. The van der Waals surface area contributed by atoms with Crippen LogP contribution in [0.1, 0.15) is 200 Å². The van der Waals surface area contributed by atoms with Crippen molar-refractivity contribution in [1.82, 2.24) is 0 Å². The molecule has 0 spiro atoms. The number of carboxylic acid groups (broad SMARTS) is 1. The molecule has 11 nitrogen and oxygen atoms in total. The molecule has 0 aliphatic carbocycles. The Morgan fingerprint density at radius 1 is 0.525 bits per heavy atom. The van der Waals surface area contributed by atoms with E-state index in [9.17, 15) is 23.8 Å². The molecule has 0 saturated heterocycles. The Kier molecular flexibility index (Phi) is 40.3. The molecular weight excluding hydrogens is 769 g/mol. The van der Waals surface area contributed by atoms with Crippen molar-refractivity contribution in [1.29, 1.82) is 0 Å². The summed E-state index contributed by atoms with van der Waals surface area (Å²) in [7, 11) is -4.73. The number of rotatable bonds is 43. The number of carboxylic acids is 1. The molecule has 0 aromatic rings. The molecule has 0 saturated carbocycles. The van der Waals surface area contributed by atoms with Crippen LogP contribution in [0, 0.1) is 0 Å². The molecule has 1 unspecified atom stereocenters. The number of nitrogens with two attached hydrogens (primary N) is 1. The summed E-state index contributed by atoms with van der Waals surface area (Å²) >= 11 is 0. The number of allylic oxidation sites excluding steroid dienone is 8. The molecule has 0 aliphatic rings. The van der Waals surface area contributed by atoms with Crippen LogP contribution in [0.4, 0.5) is 0 Å². The van der Waals surface area contributed by atoms with Crippen molar-refractivity contribution in [3.05, 3.63) is 48.6 Å². The minimum Gasteiger partial charge on any atom is -0.480 e. The summed E-state index contributed by atoms with van der Waals surface area (Å²) < 4.78 is 32.7. The van der Waals surface area contributed by atoms with Gasteiger partial charge in [-0.25, -0.2) is 4.57 Å². The van der Waals surface area contributed by atoms with Crippen LogP contribution in [-0.2, 0) is 37.5 Å². The third-order valence-corrected chi connectivity index (χ3v) is 10.8. The average molecular weight is 854 g/mol. The van der Waals surface area contributed by atoms with Crippen LogP contribution in [0.25, 0.3) is 0 Å². The van der Waals surface area contributed by atoms with Crippen molar-refractivity contribution in [2.45, 2.75) is 212 Å². The Hall–Kier alpha value is -2.56. The predicted molar refractivity (Wildman–Crippen MR) is 240 cm³/mol. The molecule has 0 aromatic heterocycles. The highest BCUT2D eigenvalue weighted by molar-refractivity contribution is 7.47. The van der Waals surface area contributed by atoms with Gasteiger partial charge in [-0.2, -0.15) is 0 Å². The molecular formula is C47H84NO10P. The summed E-state index contributed by atoms with van der Waals surface area (Å²) in [5.74, 6) is -2.45. The van der Waals surface area contributed by atoms with E-state index in [1.165, 1.54) is 116 Å². The lowest BCUT2D eigenvalue weighted by atomic mass is 10.0. The summed E-state index contributed by atoms with van der Waals surface area (Å²) in [6, 6.07) is -1.53. The first-order chi connectivity index (χ1) is 28.6. The van der Waals surface area contributed by atoms with Crippen molar-refractivity contribution in [3.63, 3.8) is 0 Å². The van der Waals surface area contributed by atoms with E-state index in [4.69, 9.17) is 24.8 Å². The molecule has 342 valence electrons. The van der Waals surface area contributed by atoms with Crippen LogP contribution in [0.5, 0.6) is 0 Å². The van der Waals surface area contributed by atoms with Crippen LogP contribution in [0.15, 0.2) is 48.6 Å². The van der Waals surface area contributed by atoms with Gasteiger partial charge >= 0.3 is 25.7 Å². The Bertz CT molecular complexity index is 1190. The third kappa shape index (κ3) is 41.9. The van der Waals surface area contributed by atoms with Gasteiger partial charge < -0.3 is 25.2 Å². The molecule has 0 heterocycles. The van der Waals surface area contributed by atoms with Crippen LogP contribution in [-0.4, -0.2) is 59.9 Å². The van der Waals surface area contributed by atoms with E-state index in [1.54, 1.807) is 0 Å². The van der Waals surface area contributed by atoms with E-state index in [1.807, 2.05) is 6.08 Å². The molecule has 59 heavy (non-hydrogen) atoms. The SMILES string of the molecule is CCCCCCCCC/C=C/C/C=C/C/C=C/C/C=C/CCCC(=O)OC[C@@H](COP(=O)(O)OC[C@H](N)C(=O)O)OC(=O)CCCCCCCCCCCCCCCC. The number of carbonyl (C=O) groups is 3. The fraction of sp³-hybridized carbons (Fsp3) is 0.766. The van der Waals surface area contributed by atoms with Gasteiger partial charge in [0, 0.05) is 12.8 Å². The molecule has 0 aliphatic heterocycles. The zero-order valence-electron chi connectivity index (χ0n) is 37.1. The summed E-state index contributed by atoms with van der Waals surface area (Å²) in [6.45, 7) is 2.75. The zero-order valence-corrected chi connectivity index (χ0v) is 38.0. The van der Waals surface area contributed by atoms with E-state index in [2.05, 4.69) is 60.9 Å². The first-order valence-electron chi connectivity index (χ1n) is 23.2. The van der Waals surface area contributed by atoms with Gasteiger partial charge in [-0.3, -0.25) is 23.4 Å². The molecule has 0 aromatic carbocycles. The van der Waals surface area contributed by atoms with E-state index >= 15 is 0 Å². The predicted octanol–water partition coefficient (Wildman–Crippen LogP) is 12.6. The lowest BCUT2D eigenvalue weighted by molar-refractivity contribution is -0.161. The molecule has 0 radical (unpaired) electrons. The zero-order chi connectivity index (χ0) is 43.5. The summed E-state index contributed by atoms with van der Waals surface area (Å²) in [5.41, 5.74) is 5.33. The summed E-state index contributed by atoms with van der Waals surface area (Å²) in [5, 5.41) is 8.89. The van der Waals surface area contributed by atoms with Crippen LogP contribution >= 0.6 is 7.82 Å². The number of aliphatic carboxylic acids is 1. The highest BCUT2D eigenvalue weighted by atomic mass is 31.2. The Labute approximate surface area is 358 Å². The normalized spacial score (nSPS) is 14.1. The maximum absolute atomic E-state index is 12.6. The molecule has 4 N–H and O–H groups in total. The van der Waals surface area contributed by atoms with E-state index in [-0.39, 0.29) is 19.4 Å². The van der Waals surface area contributed by atoms with Gasteiger partial charge in [0.05, 0.1) is 13.2 Å². The number of carbonyl (C=O) groups excluding carboxylic acids is 2. The monoisotopic (exact) mass is 854 g/mol. The number of ether oxygens (including phenoxy) is 2. The molecule has 12 heteroatoms. The van der Waals surface area contributed by atoms with Crippen LogP contribution in [0.3, 0.4) is 0 Å². The highest BCUT2D eigenvalue weighted by Crippen LogP contribution is 2.43. The minimum absolute atomic E-state index is 0.147. The van der Waals surface area contributed by atoms with Gasteiger partial charge in [0.1, 0.15) is 12.6 Å². The molecule has 3 atom stereocenters. The number of hydrogen-bond acceptors (Lipinski definition) is 9. The standard InChI is InChI=1S/C47H84NO10P/c1-3-5-7-9-11-13-15-17-19-20-21-22-23-24-25-27-28-30-32-34-36-38-45(49)55-40-43(41-56-59(53,54)57-42-44(48)47(51)52)58-46(50)39-37-35-33-31-29-26-18-16-14-12-10-8-6-4-2/h19-20,22-23,25,27,30,32,43-44H,3-18,21,24,26,28-29,31,33-42,48H2,1-2H3,(H,51,52)(H,53,54)/b20-19+,23-22+,27-25+,32-30+/t43-,44-/m0/s1. The number of unbranched alkanes of at least 4 members (excludes halogenated alkanes) is 21. The van der Waals surface area contributed by atoms with Crippen LogP contribution < -0.4 is 5.73 Å². The lowest BCUT2D eigenvalue weighted by Gasteiger charge is -2.20. The first kappa shape index (κ1) is 56.4. The van der Waals surface area contributed by atoms with E-state index in [0.29, 0.717) is 19.3 Å². The van der Waals surface area contributed by atoms with Crippen molar-refractivity contribution in [3.8, 4) is 0 Å². The quantitative estimate of drug-likeness (QED) is 0.0231. The Balaban J connectivity index is 4.40. The Morgan fingerprint density at radius 2 is 0.915 bits per heavy atom. The second-order valence-electron chi connectivity index (χ2n) is 15.5. The number of esters is 2. The number of phosphoric acid groups is 1. The maximum atomic E-state index is 12.6. The largest absolute Gasteiger partial charge is 0.480 e. The molecule has 0 bridgehead atoms. The van der Waals surface area contributed by atoms with Crippen LogP contribution in [0.2, 0.25) is 0 Å². The lowest BCUT2D eigenvalue weighted by Crippen LogP contribution is -2.34. The fourth-order valence-corrected chi connectivity index (χ4v) is 6.95. The maximum Gasteiger partial charge on any atom is 0.472 e. The van der Waals surface area contributed by atoms with Gasteiger partial charge in [0.2, 0.25) is 0 Å². The van der Waals surface area contributed by atoms with Gasteiger partial charge in [-0.05, 0) is 51.4 Å². The fourth-order valence-electron chi connectivity index (χ4n) is 6.18. The molecule has 0 fully saturated rings. The van der Waals surface area contributed by atoms with Gasteiger partial charge in [-0.15, -0.1) is 0 Å². The topological polar surface area (TPSA) is 172 Å². The molecule has 0 rings (SSSR count). The number of hydrogen-bond donors (Lipinski definition) is 3. The highest BCUT2D eigenvalue weighted by Gasteiger charge is 2.28. The molecule has 0 amide bonds. The smallest absolute Gasteiger partial charge is 0.472 e. The second-order valence-corrected chi connectivity index (χ2v) is 17.0. The summed E-state index contributed by atoms with van der Waals surface area (Å²) in [6.07, 6.45) is 47.6. The Morgan fingerprint density at radius 3 is 1.39 bits per heavy atom. The summed E-state index contributed by atoms with van der Waals surface area (Å²) in [4.78, 5) is 46.0. The second kappa shape index (κ2) is 42.1. The van der Waals surface area contributed by atoms with Crippen molar-refractivity contribution < 1.29 is 47.5 Å². The van der Waals surface area contributed by atoms with Crippen molar-refractivity contribution in [2.24, 2.45) is 5.73 Å². The van der Waals surface area contributed by atoms with Gasteiger partial charge in [-0.1, -0.05) is 184 Å². The van der Waals surface area contributed by atoms with Crippen molar-refractivity contribution in [2.75, 3.05) is 19.8 Å². The van der Waals surface area contributed by atoms with Gasteiger partial charge in [0.25, 0.3) is 0 Å². The van der Waals surface area contributed by atoms with Crippen molar-refractivity contribution >= 4 is 25.7 Å². The third-order valence-electron chi connectivity index (χ3n) is 9.83.